The molecule has 178 valence electrons. The maximum absolute atomic E-state index is 14.1. The van der Waals surface area contributed by atoms with E-state index in [0.717, 1.165) is 6.42 Å². The largest absolute Gasteiger partial charge is 0.391 e. The highest BCUT2D eigenvalue weighted by molar-refractivity contribution is 6.30. The van der Waals surface area contributed by atoms with Gasteiger partial charge < -0.3 is 20.8 Å². The Kier molecular flexibility index (Phi) is 7.83. The Bertz CT molecular complexity index is 1120. The zero-order chi connectivity index (χ0) is 24.2. The Morgan fingerprint density at radius 1 is 1.27 bits per heavy atom. The molecular weight excluding hydrogens is 451 g/mol. The molecule has 2 atom stereocenters. The molecule has 0 unspecified atom stereocenters. The van der Waals surface area contributed by atoms with Crippen LogP contribution in [-0.2, 0) is 0 Å². The number of carbonyl (C=O) groups excluding carboxylic acids is 1. The molecule has 0 saturated carbocycles. The van der Waals surface area contributed by atoms with Crippen LogP contribution < -0.4 is 10.6 Å². The molecule has 9 nitrogen and oxygen atoms in total. The minimum atomic E-state index is -1.65. The van der Waals surface area contributed by atoms with E-state index in [1.54, 1.807) is 18.5 Å². The van der Waals surface area contributed by atoms with E-state index in [9.17, 15) is 19.4 Å². The number of nitrogens with one attached hydrogen (secondary N) is 2. The molecule has 3 rings (SSSR count). The first-order valence-electron chi connectivity index (χ1n) is 10.7. The predicted molar refractivity (Wildman–Crippen MR) is 124 cm³/mol. The van der Waals surface area contributed by atoms with E-state index in [1.165, 1.54) is 30.8 Å². The average molecular weight is 479 g/mol. The first kappa shape index (κ1) is 24.8. The summed E-state index contributed by atoms with van der Waals surface area (Å²) in [4.78, 5) is 21.4. The van der Waals surface area contributed by atoms with Crippen molar-refractivity contribution in [2.75, 3.05) is 18.4 Å². The number of pyridine rings is 1. The minimum absolute atomic E-state index is 0.179. The summed E-state index contributed by atoms with van der Waals surface area (Å²) in [6.45, 7) is 4.49. The van der Waals surface area contributed by atoms with Gasteiger partial charge in [0.2, 0.25) is 0 Å². The van der Waals surface area contributed by atoms with Crippen molar-refractivity contribution in [3.05, 3.63) is 41.4 Å². The average Bonchev–Trinajstić information content (AvgIpc) is 3.18. The lowest BCUT2D eigenvalue weighted by Gasteiger charge is -2.22. The van der Waals surface area contributed by atoms with Gasteiger partial charge in [0.15, 0.2) is 5.65 Å². The van der Waals surface area contributed by atoms with Crippen LogP contribution in [0.4, 0.5) is 10.1 Å². The van der Waals surface area contributed by atoms with Crippen molar-refractivity contribution < 1.29 is 19.4 Å². The van der Waals surface area contributed by atoms with Gasteiger partial charge in [0, 0.05) is 18.9 Å². The quantitative estimate of drug-likeness (QED) is 0.353. The lowest BCUT2D eigenvalue weighted by molar-refractivity contribution is -0.00177. The van der Waals surface area contributed by atoms with E-state index in [2.05, 4.69) is 25.7 Å². The van der Waals surface area contributed by atoms with Crippen LogP contribution in [0.3, 0.4) is 0 Å². The van der Waals surface area contributed by atoms with Crippen molar-refractivity contribution in [3.63, 3.8) is 0 Å². The van der Waals surface area contributed by atoms with Gasteiger partial charge in [-0.05, 0) is 26.3 Å². The number of aromatic nitrogens is 4. The second kappa shape index (κ2) is 10.4. The smallest absolute Gasteiger partial charge is 0.255 e. The third-order valence-electron chi connectivity index (χ3n) is 5.11. The number of halogens is 2. The summed E-state index contributed by atoms with van der Waals surface area (Å²) in [6, 6.07) is 1.66. The molecule has 0 saturated heterocycles. The van der Waals surface area contributed by atoms with Gasteiger partial charge in [-0.25, -0.2) is 13.9 Å². The third-order valence-corrected chi connectivity index (χ3v) is 5.30. The van der Waals surface area contributed by atoms with Gasteiger partial charge >= 0.3 is 0 Å². The summed E-state index contributed by atoms with van der Waals surface area (Å²) in [5, 5.41) is 30.2. The second-order valence-corrected chi connectivity index (χ2v) is 8.80. The van der Waals surface area contributed by atoms with Crippen molar-refractivity contribution in [2.24, 2.45) is 0 Å². The highest BCUT2D eigenvalue weighted by Crippen LogP contribution is 2.27. The number of hydrogen-bond acceptors (Lipinski definition) is 7. The van der Waals surface area contributed by atoms with E-state index >= 15 is 0 Å². The van der Waals surface area contributed by atoms with Crippen LogP contribution >= 0.6 is 11.6 Å². The lowest BCUT2D eigenvalue weighted by atomic mass is 10.0. The molecule has 0 fully saturated rings. The van der Waals surface area contributed by atoms with Crippen LogP contribution in [0.1, 0.15) is 44.0 Å². The molecule has 4 N–H and O–H groups in total. The van der Waals surface area contributed by atoms with Gasteiger partial charge in [-0.3, -0.25) is 9.78 Å². The molecular formula is C22H28ClFN6O3. The number of hydrogen-bond donors (Lipinski definition) is 4. The maximum atomic E-state index is 14.1. The normalized spacial score (nSPS) is 13.7. The Morgan fingerprint density at radius 3 is 2.73 bits per heavy atom. The van der Waals surface area contributed by atoms with Crippen LogP contribution in [0, 0.1) is 0 Å². The highest BCUT2D eigenvalue weighted by Gasteiger charge is 2.27. The SMILES string of the molecule is CCC[C@H](O)CNc1cc(-c2cnn3cc(Cl)cnc23)ncc1C(=O)NC[C@@H](F)C(C)(C)O. The topological polar surface area (TPSA) is 125 Å². The molecule has 3 heterocycles. The molecule has 0 spiro atoms. The van der Waals surface area contributed by atoms with Gasteiger partial charge in [-0.15, -0.1) is 0 Å². The number of amides is 1. The van der Waals surface area contributed by atoms with Crippen molar-refractivity contribution in [1.29, 1.82) is 0 Å². The molecule has 1 amide bonds. The maximum Gasteiger partial charge on any atom is 0.255 e. The van der Waals surface area contributed by atoms with Gasteiger partial charge in [0.1, 0.15) is 6.17 Å². The van der Waals surface area contributed by atoms with Crippen molar-refractivity contribution >= 4 is 28.8 Å². The highest BCUT2D eigenvalue weighted by atomic mass is 35.5. The summed E-state index contributed by atoms with van der Waals surface area (Å²) in [5.74, 6) is -0.557. The van der Waals surface area contributed by atoms with Crippen LogP contribution in [-0.4, -0.2) is 66.7 Å². The first-order chi connectivity index (χ1) is 15.6. The van der Waals surface area contributed by atoms with Crippen LogP contribution in [0.25, 0.3) is 16.9 Å². The number of aliphatic hydroxyl groups is 2. The molecule has 0 radical (unpaired) electrons. The van der Waals surface area contributed by atoms with Gasteiger partial charge in [0.25, 0.3) is 5.91 Å². The minimum Gasteiger partial charge on any atom is -0.391 e. The van der Waals surface area contributed by atoms with E-state index in [-0.39, 0.29) is 18.7 Å². The number of anilines is 1. The Labute approximate surface area is 196 Å². The van der Waals surface area contributed by atoms with E-state index < -0.39 is 23.8 Å². The van der Waals surface area contributed by atoms with E-state index in [1.807, 2.05) is 6.92 Å². The summed E-state index contributed by atoms with van der Waals surface area (Å²) in [7, 11) is 0. The lowest BCUT2D eigenvalue weighted by Crippen LogP contribution is -2.42. The molecule has 0 aliphatic heterocycles. The number of nitrogens with zero attached hydrogens (tertiary/aromatic N) is 4. The molecule has 3 aromatic heterocycles. The van der Waals surface area contributed by atoms with Crippen molar-refractivity contribution in [1.82, 2.24) is 24.9 Å². The second-order valence-electron chi connectivity index (χ2n) is 8.37. The summed E-state index contributed by atoms with van der Waals surface area (Å²) in [5.41, 5.74) is 0.675. The van der Waals surface area contributed by atoms with E-state index in [4.69, 9.17) is 11.6 Å². The molecule has 33 heavy (non-hydrogen) atoms. The number of rotatable bonds is 10. The Morgan fingerprint density at radius 2 is 2.03 bits per heavy atom. The standard InChI is InChI=1S/C22H28ClFN6O3/c1-4-5-14(31)8-25-18-6-17(15-10-29-30-12-13(23)7-27-20(15)30)26-9-16(18)21(32)28-11-19(24)22(2,3)33/h6-7,9-10,12,14,19,31,33H,4-5,8,11H2,1-3H3,(H,25,26)(H,28,32)/t14-,19+/m0/s1. The van der Waals surface area contributed by atoms with Crippen LogP contribution in [0.15, 0.2) is 30.9 Å². The van der Waals surface area contributed by atoms with Crippen LogP contribution in [0.5, 0.6) is 0 Å². The van der Waals surface area contributed by atoms with Gasteiger partial charge in [-0.2, -0.15) is 5.10 Å². The third kappa shape index (κ3) is 6.16. The number of carbonyl (C=O) groups is 1. The summed E-state index contributed by atoms with van der Waals surface area (Å²) >= 11 is 5.97. The fourth-order valence-corrected chi connectivity index (χ4v) is 3.29. The summed E-state index contributed by atoms with van der Waals surface area (Å²) < 4.78 is 15.6. The Hall–Kier alpha value is -2.82. The molecule has 0 aliphatic carbocycles. The number of fused-ring (bicyclic) bond motifs is 1. The molecule has 0 bridgehead atoms. The Balaban J connectivity index is 1.91. The van der Waals surface area contributed by atoms with Crippen LogP contribution in [0.2, 0.25) is 5.02 Å². The zero-order valence-electron chi connectivity index (χ0n) is 18.7. The monoisotopic (exact) mass is 478 g/mol. The molecule has 0 aromatic carbocycles. The molecule has 0 aliphatic rings. The first-order valence-corrected chi connectivity index (χ1v) is 11.0. The van der Waals surface area contributed by atoms with E-state index in [0.29, 0.717) is 34.0 Å². The molecule has 11 heteroatoms. The fraction of sp³-hybridized carbons (Fsp3) is 0.455. The number of aliphatic hydroxyl groups excluding tert-OH is 1. The van der Waals surface area contributed by atoms with Gasteiger partial charge in [-0.1, -0.05) is 24.9 Å². The zero-order valence-corrected chi connectivity index (χ0v) is 19.5. The fourth-order valence-electron chi connectivity index (χ4n) is 3.15. The summed E-state index contributed by atoms with van der Waals surface area (Å²) in [6.07, 6.45) is 5.24. The number of alkyl halides is 1. The van der Waals surface area contributed by atoms with Crippen molar-refractivity contribution in [3.8, 4) is 11.3 Å². The van der Waals surface area contributed by atoms with Crippen molar-refractivity contribution in [2.45, 2.75) is 51.5 Å². The molecule has 3 aromatic rings. The van der Waals surface area contributed by atoms with Gasteiger partial charge in [0.05, 0.1) is 58.2 Å². The predicted octanol–water partition coefficient (Wildman–Crippen LogP) is 2.86.